The zero-order chi connectivity index (χ0) is 17.5. The second-order valence-corrected chi connectivity index (χ2v) is 5.63. The molecule has 0 saturated carbocycles. The average Bonchev–Trinajstić information content (AvgIpc) is 2.62. The first-order valence-electron chi connectivity index (χ1n) is 7.96. The molecular formula is C17H19N5O3. The summed E-state index contributed by atoms with van der Waals surface area (Å²) in [5, 5.41) is 5.61. The number of carbonyl (C=O) groups is 2. The smallest absolute Gasteiger partial charge is 0.407 e. The lowest BCUT2D eigenvalue weighted by molar-refractivity contribution is -0.134. The fraction of sp³-hybridized carbons (Fsp3) is 0.294. The van der Waals surface area contributed by atoms with E-state index in [1.165, 1.54) is 0 Å². The number of anilines is 1. The Morgan fingerprint density at radius 2 is 1.84 bits per heavy atom. The molecule has 3 rings (SSSR count). The van der Waals surface area contributed by atoms with Crippen LogP contribution in [0.4, 0.5) is 10.7 Å². The van der Waals surface area contributed by atoms with Gasteiger partial charge in [0.25, 0.3) is 0 Å². The highest BCUT2D eigenvalue weighted by atomic mass is 16.5. The number of nitrogens with one attached hydrogen (secondary N) is 2. The Labute approximate surface area is 145 Å². The lowest BCUT2D eigenvalue weighted by Gasteiger charge is -2.39. The first kappa shape index (κ1) is 16.7. The van der Waals surface area contributed by atoms with E-state index >= 15 is 0 Å². The lowest BCUT2D eigenvalue weighted by atomic mass is 10.1. The molecule has 0 bridgehead atoms. The van der Waals surface area contributed by atoms with Crippen molar-refractivity contribution in [2.24, 2.45) is 0 Å². The molecule has 0 spiro atoms. The third kappa shape index (κ3) is 4.90. The van der Waals surface area contributed by atoms with E-state index in [2.05, 4.69) is 20.6 Å². The van der Waals surface area contributed by atoms with E-state index in [9.17, 15) is 9.59 Å². The standard InChI is InChI=1S/C17H19N5O3/c23-15(9-20-17(24)25-12-13-5-2-1-3-6-13)22-10-14(11-22)21-16-18-7-4-8-19-16/h1-8,14H,9-12H2,(H,20,24)(H,18,19,21). The molecule has 25 heavy (non-hydrogen) atoms. The Kier molecular flexibility index (Phi) is 5.40. The topological polar surface area (TPSA) is 96.5 Å². The van der Waals surface area contributed by atoms with Crippen molar-refractivity contribution >= 4 is 17.9 Å². The summed E-state index contributed by atoms with van der Waals surface area (Å²) in [6.45, 7) is 1.20. The summed E-state index contributed by atoms with van der Waals surface area (Å²) in [7, 11) is 0. The highest BCUT2D eigenvalue weighted by Crippen LogP contribution is 2.11. The maximum absolute atomic E-state index is 12.0. The van der Waals surface area contributed by atoms with Gasteiger partial charge in [0.05, 0.1) is 6.04 Å². The molecule has 1 fully saturated rings. The van der Waals surface area contributed by atoms with E-state index < -0.39 is 6.09 Å². The fourth-order valence-corrected chi connectivity index (χ4v) is 2.36. The molecule has 1 aromatic carbocycles. The van der Waals surface area contributed by atoms with E-state index in [-0.39, 0.29) is 25.1 Å². The highest BCUT2D eigenvalue weighted by molar-refractivity contribution is 5.83. The number of amides is 2. The van der Waals surface area contributed by atoms with Gasteiger partial charge in [0, 0.05) is 25.5 Å². The molecule has 8 heteroatoms. The van der Waals surface area contributed by atoms with Gasteiger partial charge in [-0.25, -0.2) is 14.8 Å². The Morgan fingerprint density at radius 1 is 1.12 bits per heavy atom. The molecule has 1 aromatic heterocycles. The van der Waals surface area contributed by atoms with E-state index in [1.807, 2.05) is 30.3 Å². The van der Waals surface area contributed by atoms with Crippen molar-refractivity contribution in [1.82, 2.24) is 20.2 Å². The predicted molar refractivity (Wildman–Crippen MR) is 90.7 cm³/mol. The molecule has 0 radical (unpaired) electrons. The molecule has 8 nitrogen and oxygen atoms in total. The van der Waals surface area contributed by atoms with Crippen LogP contribution in [0.2, 0.25) is 0 Å². The zero-order valence-corrected chi connectivity index (χ0v) is 13.6. The molecule has 0 aliphatic carbocycles. The molecule has 2 N–H and O–H groups in total. The second-order valence-electron chi connectivity index (χ2n) is 5.63. The molecule has 2 heterocycles. The number of hydrogen-bond donors (Lipinski definition) is 2. The number of likely N-dealkylation sites (tertiary alicyclic amines) is 1. The van der Waals surface area contributed by atoms with Gasteiger partial charge in [0.1, 0.15) is 13.2 Å². The molecule has 1 aliphatic heterocycles. The van der Waals surface area contributed by atoms with Crippen molar-refractivity contribution in [2.45, 2.75) is 12.6 Å². The number of benzene rings is 1. The van der Waals surface area contributed by atoms with Crippen LogP contribution in [-0.4, -0.2) is 52.5 Å². The van der Waals surface area contributed by atoms with Crippen LogP contribution in [0.5, 0.6) is 0 Å². The third-order valence-corrected chi connectivity index (χ3v) is 3.73. The van der Waals surface area contributed by atoms with Gasteiger partial charge in [-0.1, -0.05) is 30.3 Å². The van der Waals surface area contributed by atoms with Crippen LogP contribution in [0.15, 0.2) is 48.8 Å². The van der Waals surface area contributed by atoms with Crippen LogP contribution >= 0.6 is 0 Å². The fourth-order valence-electron chi connectivity index (χ4n) is 2.36. The van der Waals surface area contributed by atoms with E-state index in [0.29, 0.717) is 19.0 Å². The van der Waals surface area contributed by atoms with Gasteiger partial charge in [-0.05, 0) is 11.6 Å². The number of aromatic nitrogens is 2. The maximum atomic E-state index is 12.0. The van der Waals surface area contributed by atoms with Crippen LogP contribution in [-0.2, 0) is 16.1 Å². The Bertz CT molecular complexity index is 705. The molecule has 2 aromatic rings. The van der Waals surface area contributed by atoms with E-state index in [4.69, 9.17) is 4.74 Å². The SMILES string of the molecule is O=C(NCC(=O)N1CC(Nc2ncccn2)C1)OCc1ccccc1. The van der Waals surface area contributed by atoms with Crippen LogP contribution in [0.3, 0.4) is 0 Å². The summed E-state index contributed by atoms with van der Waals surface area (Å²) < 4.78 is 5.06. The summed E-state index contributed by atoms with van der Waals surface area (Å²) in [5.74, 6) is 0.394. The minimum absolute atomic E-state index is 0.0812. The third-order valence-electron chi connectivity index (χ3n) is 3.73. The minimum Gasteiger partial charge on any atom is -0.445 e. The summed E-state index contributed by atoms with van der Waals surface area (Å²) in [4.78, 5) is 33.4. The van der Waals surface area contributed by atoms with Crippen molar-refractivity contribution in [2.75, 3.05) is 25.0 Å². The van der Waals surface area contributed by atoms with Crippen molar-refractivity contribution in [3.63, 3.8) is 0 Å². The molecule has 0 unspecified atom stereocenters. The quantitative estimate of drug-likeness (QED) is 0.814. The van der Waals surface area contributed by atoms with E-state index in [0.717, 1.165) is 5.56 Å². The molecule has 2 amide bonds. The Morgan fingerprint density at radius 3 is 2.56 bits per heavy atom. The van der Waals surface area contributed by atoms with Crippen LogP contribution in [0.25, 0.3) is 0 Å². The molecular weight excluding hydrogens is 322 g/mol. The number of nitrogens with zero attached hydrogens (tertiary/aromatic N) is 3. The summed E-state index contributed by atoms with van der Waals surface area (Å²) in [6.07, 6.45) is 2.70. The van der Waals surface area contributed by atoms with Gasteiger partial charge < -0.3 is 20.3 Å². The average molecular weight is 341 g/mol. The van der Waals surface area contributed by atoms with Gasteiger partial charge >= 0.3 is 6.09 Å². The lowest BCUT2D eigenvalue weighted by Crippen LogP contribution is -2.59. The van der Waals surface area contributed by atoms with Crippen LogP contribution < -0.4 is 10.6 Å². The predicted octanol–water partition coefficient (Wildman–Crippen LogP) is 1.03. The largest absolute Gasteiger partial charge is 0.445 e. The van der Waals surface area contributed by atoms with Gasteiger partial charge in [-0.3, -0.25) is 4.79 Å². The van der Waals surface area contributed by atoms with Crippen molar-refractivity contribution in [1.29, 1.82) is 0 Å². The molecule has 1 saturated heterocycles. The highest BCUT2D eigenvalue weighted by Gasteiger charge is 2.30. The number of hydrogen-bond acceptors (Lipinski definition) is 6. The first-order valence-corrected chi connectivity index (χ1v) is 7.96. The molecule has 0 atom stereocenters. The normalized spacial score (nSPS) is 13.7. The van der Waals surface area contributed by atoms with Crippen molar-refractivity contribution < 1.29 is 14.3 Å². The molecule has 130 valence electrons. The molecule has 1 aliphatic rings. The van der Waals surface area contributed by atoms with Gasteiger partial charge in [-0.15, -0.1) is 0 Å². The Balaban J connectivity index is 1.31. The summed E-state index contributed by atoms with van der Waals surface area (Å²) in [6, 6.07) is 11.2. The van der Waals surface area contributed by atoms with Crippen molar-refractivity contribution in [3.05, 3.63) is 54.4 Å². The summed E-state index contributed by atoms with van der Waals surface area (Å²) in [5.41, 5.74) is 0.892. The number of rotatable bonds is 6. The van der Waals surface area contributed by atoms with Crippen LogP contribution in [0.1, 0.15) is 5.56 Å². The first-order chi connectivity index (χ1) is 12.2. The second kappa shape index (κ2) is 8.09. The van der Waals surface area contributed by atoms with Gasteiger partial charge in [0.2, 0.25) is 11.9 Å². The Hall–Kier alpha value is -3.16. The van der Waals surface area contributed by atoms with Gasteiger partial charge in [-0.2, -0.15) is 0 Å². The number of carbonyl (C=O) groups excluding carboxylic acids is 2. The maximum Gasteiger partial charge on any atom is 0.407 e. The van der Waals surface area contributed by atoms with E-state index in [1.54, 1.807) is 23.4 Å². The minimum atomic E-state index is -0.606. The zero-order valence-electron chi connectivity index (χ0n) is 13.6. The van der Waals surface area contributed by atoms with Crippen LogP contribution in [0, 0.1) is 0 Å². The van der Waals surface area contributed by atoms with Crippen molar-refractivity contribution in [3.8, 4) is 0 Å². The summed E-state index contributed by atoms with van der Waals surface area (Å²) >= 11 is 0. The van der Waals surface area contributed by atoms with Gasteiger partial charge in [0.15, 0.2) is 0 Å². The monoisotopic (exact) mass is 341 g/mol. The number of ether oxygens (including phenoxy) is 1. The number of alkyl carbamates (subject to hydrolysis) is 1.